The largest absolute Gasteiger partial charge is 0.347 e. The van der Waals surface area contributed by atoms with Gasteiger partial charge in [-0.2, -0.15) is 0 Å². The number of H-pyrrole nitrogens is 1. The van der Waals surface area contributed by atoms with Gasteiger partial charge in [0, 0.05) is 33.2 Å². The highest BCUT2D eigenvalue weighted by molar-refractivity contribution is 5.41. The molecule has 0 spiro atoms. The van der Waals surface area contributed by atoms with Crippen molar-refractivity contribution in [2.24, 2.45) is 7.05 Å². The van der Waals surface area contributed by atoms with Crippen LogP contribution >= 0.6 is 0 Å². The summed E-state index contributed by atoms with van der Waals surface area (Å²) in [5.74, 6) is 0. The summed E-state index contributed by atoms with van der Waals surface area (Å²) in [6.07, 6.45) is 4.19. The number of nitrogens with zero attached hydrogens (tertiary/aromatic N) is 4. The van der Waals surface area contributed by atoms with Crippen LogP contribution in [-0.4, -0.2) is 57.4 Å². The van der Waals surface area contributed by atoms with Crippen molar-refractivity contribution < 1.29 is 0 Å². The third-order valence-corrected chi connectivity index (χ3v) is 5.33. The predicted molar refractivity (Wildman–Crippen MR) is 95.8 cm³/mol. The van der Waals surface area contributed by atoms with Crippen molar-refractivity contribution in [1.82, 2.24) is 24.1 Å². The minimum Gasteiger partial charge on any atom is -0.304 e. The normalized spacial score (nSPS) is 24.4. The van der Waals surface area contributed by atoms with Crippen LogP contribution in [0, 0.1) is 0 Å². The lowest BCUT2D eigenvalue weighted by Gasteiger charge is -2.39. The Hall–Kier alpha value is -2.38. The van der Waals surface area contributed by atoms with Gasteiger partial charge in [0.1, 0.15) is 0 Å². The number of piperazine rings is 1. The van der Waals surface area contributed by atoms with Gasteiger partial charge in [-0.15, -0.1) is 0 Å². The molecule has 0 unspecified atom stereocenters. The molecule has 0 radical (unpaired) electrons. The van der Waals surface area contributed by atoms with E-state index in [2.05, 4.69) is 34.1 Å². The molecule has 1 fully saturated rings. The van der Waals surface area contributed by atoms with Crippen molar-refractivity contribution in [2.75, 3.05) is 33.2 Å². The van der Waals surface area contributed by atoms with Gasteiger partial charge in [-0.25, -0.2) is 23.9 Å². The lowest BCUT2D eigenvalue weighted by Crippen LogP contribution is -2.46. The number of fused-ring (bicyclic) bond motifs is 1. The van der Waals surface area contributed by atoms with E-state index in [0.717, 1.165) is 36.3 Å². The second-order valence-corrected chi connectivity index (χ2v) is 6.87. The Morgan fingerprint density at radius 1 is 0.920 bits per heavy atom. The summed E-state index contributed by atoms with van der Waals surface area (Å²) < 4.78 is 2.51. The van der Waals surface area contributed by atoms with E-state index in [-0.39, 0.29) is 17.8 Å². The monoisotopic (exact) mass is 341 g/mol. The van der Waals surface area contributed by atoms with Gasteiger partial charge in [0.25, 0.3) is 0 Å². The fraction of sp³-hybridized carbons (Fsp3) is 0.444. The molecule has 1 aliphatic carbocycles. The first-order valence-electron chi connectivity index (χ1n) is 8.63. The Morgan fingerprint density at radius 3 is 2.12 bits per heavy atom. The molecular weight excluding hydrogens is 318 g/mol. The Bertz CT molecular complexity index is 914. The maximum atomic E-state index is 12.4. The predicted octanol–water partition coefficient (Wildman–Crippen LogP) is 0.323. The van der Waals surface area contributed by atoms with Crippen LogP contribution in [0.1, 0.15) is 23.2 Å². The summed E-state index contributed by atoms with van der Waals surface area (Å²) in [6, 6.07) is 8.13. The fourth-order valence-corrected chi connectivity index (χ4v) is 3.77. The van der Waals surface area contributed by atoms with Crippen LogP contribution < -0.4 is 11.4 Å². The van der Waals surface area contributed by atoms with E-state index in [1.54, 1.807) is 0 Å². The maximum Gasteiger partial charge on any atom is 0.347 e. The average Bonchev–Trinajstić information content (AvgIpc) is 2.89. The summed E-state index contributed by atoms with van der Waals surface area (Å²) in [5, 5.41) is 2.66. The number of aromatic amines is 1. The second-order valence-electron chi connectivity index (χ2n) is 6.87. The summed E-state index contributed by atoms with van der Waals surface area (Å²) in [4.78, 5) is 29.0. The van der Waals surface area contributed by atoms with E-state index >= 15 is 0 Å². The molecule has 1 aromatic heterocycles. The first-order valence-corrected chi connectivity index (χ1v) is 8.63. The summed E-state index contributed by atoms with van der Waals surface area (Å²) in [7, 11) is 3.64. The molecule has 0 amide bonds. The van der Waals surface area contributed by atoms with E-state index in [4.69, 9.17) is 0 Å². The average molecular weight is 341 g/mol. The van der Waals surface area contributed by atoms with Crippen molar-refractivity contribution in [1.29, 1.82) is 0 Å². The van der Waals surface area contributed by atoms with Crippen LogP contribution in [0.3, 0.4) is 0 Å². The number of hydrogen-bond donors (Lipinski definition) is 1. The van der Waals surface area contributed by atoms with Crippen LogP contribution in [-0.2, 0) is 7.05 Å². The summed E-state index contributed by atoms with van der Waals surface area (Å²) >= 11 is 0. The van der Waals surface area contributed by atoms with Crippen molar-refractivity contribution in [3.8, 4) is 0 Å². The van der Waals surface area contributed by atoms with Crippen molar-refractivity contribution in [3.63, 3.8) is 0 Å². The second kappa shape index (κ2) is 6.16. The molecule has 0 bridgehead atoms. The zero-order valence-electron chi connectivity index (χ0n) is 14.6. The number of aromatic nitrogens is 3. The first-order chi connectivity index (χ1) is 12.1. The van der Waals surface area contributed by atoms with E-state index < -0.39 is 5.69 Å². The Kier molecular flexibility index (Phi) is 3.97. The molecule has 132 valence electrons. The van der Waals surface area contributed by atoms with Crippen molar-refractivity contribution in [2.45, 2.75) is 12.1 Å². The molecule has 7 nitrogen and oxygen atoms in total. The third-order valence-electron chi connectivity index (χ3n) is 5.33. The first kappa shape index (κ1) is 16.1. The zero-order chi connectivity index (χ0) is 17.6. The molecule has 25 heavy (non-hydrogen) atoms. The summed E-state index contributed by atoms with van der Waals surface area (Å²) in [5.41, 5.74) is 1.55. The van der Waals surface area contributed by atoms with E-state index in [1.807, 2.05) is 24.3 Å². The lowest BCUT2D eigenvalue weighted by molar-refractivity contribution is 0.128. The number of hydrogen-bond acceptors (Lipinski definition) is 4. The molecule has 2 aromatic rings. The molecule has 0 saturated carbocycles. The van der Waals surface area contributed by atoms with Gasteiger partial charge < -0.3 is 4.90 Å². The Labute approximate surface area is 145 Å². The number of rotatable bonds is 2. The highest BCUT2D eigenvalue weighted by Crippen LogP contribution is 2.35. The zero-order valence-corrected chi connectivity index (χ0v) is 14.6. The molecule has 4 rings (SSSR count). The highest BCUT2D eigenvalue weighted by Gasteiger charge is 2.30. The Morgan fingerprint density at radius 2 is 1.52 bits per heavy atom. The number of allylic oxidation sites excluding steroid dienone is 1. The van der Waals surface area contributed by atoms with Crippen molar-refractivity contribution >= 4 is 0 Å². The molecule has 1 aliphatic heterocycles. The maximum absolute atomic E-state index is 12.4. The van der Waals surface area contributed by atoms with Gasteiger partial charge in [0.05, 0.1) is 12.1 Å². The van der Waals surface area contributed by atoms with E-state index in [0.29, 0.717) is 0 Å². The van der Waals surface area contributed by atoms with Crippen molar-refractivity contribution in [3.05, 3.63) is 68.5 Å². The van der Waals surface area contributed by atoms with Crippen LogP contribution in [0.4, 0.5) is 0 Å². The Balaban J connectivity index is 1.74. The van der Waals surface area contributed by atoms with Gasteiger partial charge in [-0.05, 0) is 18.2 Å². The molecular formula is C18H23N5O2. The molecule has 1 aromatic carbocycles. The number of benzene rings is 1. The topological polar surface area (TPSA) is 66.3 Å². The quantitative estimate of drug-likeness (QED) is 0.799. The van der Waals surface area contributed by atoms with Gasteiger partial charge >= 0.3 is 11.4 Å². The number of likely N-dealkylation sites (N-methyl/N-ethyl adjacent to an activating group) is 1. The van der Waals surface area contributed by atoms with Gasteiger partial charge in [-0.3, -0.25) is 4.90 Å². The van der Waals surface area contributed by atoms with Gasteiger partial charge in [0.15, 0.2) is 0 Å². The SMILES string of the molecule is CN1CCN([C@H]2C=C[C@@H](n3[nH]c(=O)n(C)c3=O)c3ccccc32)CC1. The molecule has 1 saturated heterocycles. The van der Waals surface area contributed by atoms with Crippen LogP contribution in [0.15, 0.2) is 46.0 Å². The minimum absolute atomic E-state index is 0.215. The molecule has 2 aliphatic rings. The van der Waals surface area contributed by atoms with Crippen LogP contribution in [0.25, 0.3) is 0 Å². The number of nitrogens with one attached hydrogen (secondary N) is 1. The highest BCUT2D eigenvalue weighted by atomic mass is 16.2. The third kappa shape index (κ3) is 2.69. The van der Waals surface area contributed by atoms with E-state index in [9.17, 15) is 9.59 Å². The smallest absolute Gasteiger partial charge is 0.304 e. The van der Waals surface area contributed by atoms with Gasteiger partial charge in [0.2, 0.25) is 0 Å². The van der Waals surface area contributed by atoms with Gasteiger partial charge in [-0.1, -0.05) is 36.4 Å². The fourth-order valence-electron chi connectivity index (χ4n) is 3.77. The summed E-state index contributed by atoms with van der Waals surface area (Å²) in [6.45, 7) is 4.15. The van der Waals surface area contributed by atoms with Crippen LogP contribution in [0.5, 0.6) is 0 Å². The molecule has 2 heterocycles. The van der Waals surface area contributed by atoms with E-state index in [1.165, 1.54) is 17.3 Å². The standard InChI is InChI=1S/C18H23N5O2/c1-20-9-11-22(12-10-20)15-7-8-16(14-6-4-3-5-13(14)15)23-18(25)21(2)17(24)19-23/h3-8,15-16H,9-12H2,1-2H3,(H,19,24)/t15-,16+/m0/s1. The minimum atomic E-state index is -0.392. The lowest BCUT2D eigenvalue weighted by atomic mass is 9.88. The molecule has 7 heteroatoms. The molecule has 2 atom stereocenters. The molecule has 1 N–H and O–H groups in total. The van der Waals surface area contributed by atoms with Crippen LogP contribution in [0.2, 0.25) is 0 Å².